The van der Waals surface area contributed by atoms with Crippen molar-refractivity contribution in [1.29, 1.82) is 0 Å². The quantitative estimate of drug-likeness (QED) is 0.768. The standard InChI is InChI=1S/C16H21NO4/c1-5-11(2)21-16(18)10-17-7-6-13-14(17)8-12(19-3)9-15(13)20-4/h6-9,11H,5,10H2,1-4H3. The van der Waals surface area contributed by atoms with Crippen LogP contribution in [0.1, 0.15) is 20.3 Å². The van der Waals surface area contributed by atoms with Crippen molar-refractivity contribution in [3.8, 4) is 11.5 Å². The van der Waals surface area contributed by atoms with Gasteiger partial charge in [-0.05, 0) is 19.4 Å². The largest absolute Gasteiger partial charge is 0.497 e. The summed E-state index contributed by atoms with van der Waals surface area (Å²) in [5, 5.41) is 0.939. The molecule has 114 valence electrons. The Morgan fingerprint density at radius 2 is 2.05 bits per heavy atom. The average Bonchev–Trinajstić information content (AvgIpc) is 2.88. The Morgan fingerprint density at radius 3 is 2.67 bits per heavy atom. The number of nitrogens with zero attached hydrogens (tertiary/aromatic N) is 1. The highest BCUT2D eigenvalue weighted by Gasteiger charge is 2.13. The van der Waals surface area contributed by atoms with Gasteiger partial charge in [0.1, 0.15) is 18.0 Å². The third-order valence-corrected chi connectivity index (χ3v) is 3.49. The predicted octanol–water partition coefficient (Wildman–Crippen LogP) is 3.00. The van der Waals surface area contributed by atoms with Crippen molar-refractivity contribution in [2.24, 2.45) is 0 Å². The maximum Gasteiger partial charge on any atom is 0.326 e. The molecule has 2 aromatic rings. The van der Waals surface area contributed by atoms with Crippen LogP contribution in [-0.4, -0.2) is 30.9 Å². The van der Waals surface area contributed by atoms with E-state index in [1.165, 1.54) is 0 Å². The van der Waals surface area contributed by atoms with Crippen LogP contribution in [0, 0.1) is 0 Å². The lowest BCUT2D eigenvalue weighted by atomic mass is 10.2. The van der Waals surface area contributed by atoms with Crippen LogP contribution in [0.3, 0.4) is 0 Å². The first-order valence-electron chi connectivity index (χ1n) is 6.99. The van der Waals surface area contributed by atoms with Crippen LogP contribution in [0.25, 0.3) is 10.9 Å². The molecule has 0 saturated carbocycles. The first-order chi connectivity index (χ1) is 10.1. The highest BCUT2D eigenvalue weighted by molar-refractivity contribution is 5.89. The van der Waals surface area contributed by atoms with Gasteiger partial charge in [-0.3, -0.25) is 4.79 Å². The van der Waals surface area contributed by atoms with Crippen LogP contribution in [0.5, 0.6) is 11.5 Å². The number of fused-ring (bicyclic) bond motifs is 1. The van der Waals surface area contributed by atoms with E-state index in [4.69, 9.17) is 14.2 Å². The zero-order valence-corrected chi connectivity index (χ0v) is 12.9. The second-order valence-corrected chi connectivity index (χ2v) is 4.91. The van der Waals surface area contributed by atoms with E-state index in [0.29, 0.717) is 5.75 Å². The molecule has 0 spiro atoms. The van der Waals surface area contributed by atoms with Crippen molar-refractivity contribution in [2.45, 2.75) is 32.9 Å². The predicted molar refractivity (Wildman–Crippen MR) is 80.9 cm³/mol. The molecule has 2 rings (SSSR count). The Hall–Kier alpha value is -2.17. The fraction of sp³-hybridized carbons (Fsp3) is 0.438. The Balaban J connectivity index is 2.30. The maximum absolute atomic E-state index is 11.9. The number of aromatic nitrogens is 1. The zero-order valence-electron chi connectivity index (χ0n) is 12.9. The third kappa shape index (κ3) is 3.29. The van der Waals surface area contributed by atoms with Crippen LogP contribution in [0.15, 0.2) is 24.4 Å². The van der Waals surface area contributed by atoms with Gasteiger partial charge in [0, 0.05) is 23.7 Å². The molecule has 1 unspecified atom stereocenters. The van der Waals surface area contributed by atoms with Gasteiger partial charge in [0.2, 0.25) is 0 Å². The Kier molecular flexibility index (Phi) is 4.73. The molecular formula is C16H21NO4. The summed E-state index contributed by atoms with van der Waals surface area (Å²) in [6, 6.07) is 5.63. The summed E-state index contributed by atoms with van der Waals surface area (Å²) in [6.45, 7) is 4.04. The summed E-state index contributed by atoms with van der Waals surface area (Å²) >= 11 is 0. The summed E-state index contributed by atoms with van der Waals surface area (Å²) < 4.78 is 17.8. The molecule has 5 nitrogen and oxygen atoms in total. The number of carbonyl (C=O) groups excluding carboxylic acids is 1. The fourth-order valence-electron chi connectivity index (χ4n) is 2.15. The molecule has 1 aromatic carbocycles. The molecular weight excluding hydrogens is 270 g/mol. The first kappa shape index (κ1) is 15.2. The molecule has 0 aliphatic heterocycles. The van der Waals surface area contributed by atoms with E-state index in [9.17, 15) is 4.79 Å². The van der Waals surface area contributed by atoms with E-state index in [2.05, 4.69) is 0 Å². The summed E-state index contributed by atoms with van der Waals surface area (Å²) in [5.41, 5.74) is 0.882. The molecule has 0 radical (unpaired) electrons. The van der Waals surface area contributed by atoms with E-state index in [1.807, 2.05) is 42.8 Å². The second kappa shape index (κ2) is 6.52. The van der Waals surface area contributed by atoms with E-state index < -0.39 is 0 Å². The molecule has 0 saturated heterocycles. The van der Waals surface area contributed by atoms with E-state index in [-0.39, 0.29) is 18.6 Å². The number of ether oxygens (including phenoxy) is 3. The first-order valence-corrected chi connectivity index (χ1v) is 6.99. The van der Waals surface area contributed by atoms with Crippen molar-refractivity contribution in [3.05, 3.63) is 24.4 Å². The number of esters is 1. The number of rotatable bonds is 6. The lowest BCUT2D eigenvalue weighted by Gasteiger charge is -2.12. The minimum atomic E-state index is -0.247. The summed E-state index contributed by atoms with van der Waals surface area (Å²) in [6.07, 6.45) is 2.59. The van der Waals surface area contributed by atoms with Gasteiger partial charge in [-0.15, -0.1) is 0 Å². The molecule has 0 N–H and O–H groups in total. The Labute approximate surface area is 124 Å². The topological polar surface area (TPSA) is 49.7 Å². The SMILES string of the molecule is CCC(C)OC(=O)Cn1ccc2c(OC)cc(OC)cc21. The summed E-state index contributed by atoms with van der Waals surface area (Å²) in [4.78, 5) is 11.9. The zero-order chi connectivity index (χ0) is 15.4. The van der Waals surface area contributed by atoms with E-state index in [1.54, 1.807) is 14.2 Å². The Morgan fingerprint density at radius 1 is 1.29 bits per heavy atom. The van der Waals surface area contributed by atoms with Gasteiger partial charge in [0.05, 0.1) is 25.8 Å². The molecule has 0 fully saturated rings. The van der Waals surface area contributed by atoms with Crippen LogP contribution in [0.2, 0.25) is 0 Å². The van der Waals surface area contributed by atoms with Crippen molar-refractivity contribution in [2.75, 3.05) is 14.2 Å². The molecule has 5 heteroatoms. The number of methoxy groups -OCH3 is 2. The van der Waals surface area contributed by atoms with Crippen molar-refractivity contribution in [3.63, 3.8) is 0 Å². The van der Waals surface area contributed by atoms with Crippen molar-refractivity contribution < 1.29 is 19.0 Å². The van der Waals surface area contributed by atoms with E-state index >= 15 is 0 Å². The van der Waals surface area contributed by atoms with Crippen molar-refractivity contribution in [1.82, 2.24) is 4.57 Å². The number of carbonyl (C=O) groups is 1. The van der Waals surface area contributed by atoms with Gasteiger partial charge >= 0.3 is 5.97 Å². The van der Waals surface area contributed by atoms with Gasteiger partial charge < -0.3 is 18.8 Å². The summed E-state index contributed by atoms with van der Waals surface area (Å²) in [5.74, 6) is 1.16. The molecule has 0 amide bonds. The highest BCUT2D eigenvalue weighted by atomic mass is 16.5. The molecule has 21 heavy (non-hydrogen) atoms. The van der Waals surface area contributed by atoms with Crippen molar-refractivity contribution >= 4 is 16.9 Å². The van der Waals surface area contributed by atoms with Gasteiger partial charge in [0.25, 0.3) is 0 Å². The molecule has 0 bridgehead atoms. The van der Waals surface area contributed by atoms with Crippen LogP contribution in [0.4, 0.5) is 0 Å². The minimum Gasteiger partial charge on any atom is -0.497 e. The van der Waals surface area contributed by atoms with Crippen LogP contribution >= 0.6 is 0 Å². The number of hydrogen-bond acceptors (Lipinski definition) is 4. The highest BCUT2D eigenvalue weighted by Crippen LogP contribution is 2.31. The molecule has 1 aromatic heterocycles. The Bertz CT molecular complexity index is 632. The third-order valence-electron chi connectivity index (χ3n) is 3.49. The van der Waals surface area contributed by atoms with Gasteiger partial charge in [-0.2, -0.15) is 0 Å². The van der Waals surface area contributed by atoms with Crippen LogP contribution < -0.4 is 9.47 Å². The van der Waals surface area contributed by atoms with Gasteiger partial charge in [-0.25, -0.2) is 0 Å². The molecule has 0 aliphatic carbocycles. The van der Waals surface area contributed by atoms with Gasteiger partial charge in [-0.1, -0.05) is 6.92 Å². The maximum atomic E-state index is 11.9. The lowest BCUT2D eigenvalue weighted by molar-refractivity contribution is -0.148. The molecule has 1 heterocycles. The van der Waals surface area contributed by atoms with Gasteiger partial charge in [0.15, 0.2) is 0 Å². The lowest BCUT2D eigenvalue weighted by Crippen LogP contribution is -2.18. The van der Waals surface area contributed by atoms with Crippen LogP contribution in [-0.2, 0) is 16.1 Å². The fourth-order valence-corrected chi connectivity index (χ4v) is 2.15. The second-order valence-electron chi connectivity index (χ2n) is 4.91. The number of hydrogen-bond donors (Lipinski definition) is 0. The molecule has 0 aliphatic rings. The minimum absolute atomic E-state index is 0.0663. The average molecular weight is 291 g/mol. The van der Waals surface area contributed by atoms with E-state index in [0.717, 1.165) is 23.1 Å². The monoisotopic (exact) mass is 291 g/mol. The smallest absolute Gasteiger partial charge is 0.326 e. The molecule has 1 atom stereocenters. The number of benzene rings is 1. The summed E-state index contributed by atoms with van der Waals surface area (Å²) in [7, 11) is 3.22. The normalized spacial score (nSPS) is 12.2.